The van der Waals surface area contributed by atoms with Crippen molar-refractivity contribution in [3.63, 3.8) is 0 Å². The summed E-state index contributed by atoms with van der Waals surface area (Å²) in [5.74, 6) is 0.782. The number of urea groups is 1. The molecule has 0 aliphatic heterocycles. The molecule has 2 aromatic carbocycles. The number of benzene rings is 2. The van der Waals surface area contributed by atoms with Gasteiger partial charge in [0.05, 0.1) is 7.11 Å². The van der Waals surface area contributed by atoms with E-state index in [0.717, 1.165) is 31.4 Å². The van der Waals surface area contributed by atoms with Gasteiger partial charge < -0.3 is 15.4 Å². The lowest BCUT2D eigenvalue weighted by Gasteiger charge is -2.23. The minimum atomic E-state index is -0.265. The van der Waals surface area contributed by atoms with E-state index in [1.807, 2.05) is 24.3 Å². The van der Waals surface area contributed by atoms with Gasteiger partial charge in [-0.1, -0.05) is 43.9 Å². The fraction of sp³-hybridized carbons (Fsp3) is 0.417. The molecule has 0 saturated carbocycles. The minimum absolute atomic E-state index is 0.0653. The zero-order valence-corrected chi connectivity index (χ0v) is 19.1. The number of anilines is 2. The molecular weight excluding hydrogens is 414 g/mol. The highest BCUT2D eigenvalue weighted by molar-refractivity contribution is 6.30. The van der Waals surface area contributed by atoms with Crippen molar-refractivity contribution in [2.45, 2.75) is 45.4 Å². The van der Waals surface area contributed by atoms with Gasteiger partial charge in [0.1, 0.15) is 5.75 Å². The van der Waals surface area contributed by atoms with Gasteiger partial charge in [-0.25, -0.2) is 4.79 Å². The number of hydrogen-bond acceptors (Lipinski definition) is 3. The molecule has 0 unspecified atom stereocenters. The lowest BCUT2D eigenvalue weighted by Crippen LogP contribution is -2.37. The van der Waals surface area contributed by atoms with E-state index in [-0.39, 0.29) is 11.9 Å². The summed E-state index contributed by atoms with van der Waals surface area (Å²) in [4.78, 5) is 26.6. The van der Waals surface area contributed by atoms with Gasteiger partial charge in [-0.2, -0.15) is 0 Å². The quantitative estimate of drug-likeness (QED) is 0.402. The molecule has 0 aliphatic rings. The maximum atomic E-state index is 13.0. The Hall–Kier alpha value is -2.73. The Kier molecular flexibility index (Phi) is 10.7. The first kappa shape index (κ1) is 24.5. The van der Waals surface area contributed by atoms with Gasteiger partial charge in [-0.15, -0.1) is 0 Å². The SMILES string of the molecule is CCCCCCC(=O)NCCCN(C(=O)Nc1cccc(Cl)c1)c1ccc(OC)cc1. The third-order valence-corrected chi connectivity index (χ3v) is 5.08. The van der Waals surface area contributed by atoms with Gasteiger partial charge >= 0.3 is 6.03 Å². The van der Waals surface area contributed by atoms with Crippen LogP contribution in [-0.2, 0) is 4.79 Å². The number of nitrogens with zero attached hydrogens (tertiary/aromatic N) is 1. The van der Waals surface area contributed by atoms with Gasteiger partial charge in [0, 0.05) is 35.9 Å². The van der Waals surface area contributed by atoms with Crippen molar-refractivity contribution in [1.82, 2.24) is 5.32 Å². The maximum Gasteiger partial charge on any atom is 0.326 e. The monoisotopic (exact) mass is 445 g/mol. The molecule has 2 N–H and O–H groups in total. The number of amides is 3. The molecule has 0 aromatic heterocycles. The molecule has 0 saturated heterocycles. The lowest BCUT2D eigenvalue weighted by molar-refractivity contribution is -0.121. The van der Waals surface area contributed by atoms with Crippen LogP contribution >= 0.6 is 11.6 Å². The molecule has 0 radical (unpaired) electrons. The van der Waals surface area contributed by atoms with Crippen LogP contribution in [0.15, 0.2) is 48.5 Å². The Morgan fingerprint density at radius 2 is 1.81 bits per heavy atom. The highest BCUT2D eigenvalue weighted by atomic mass is 35.5. The topological polar surface area (TPSA) is 70.7 Å². The molecule has 0 fully saturated rings. The third kappa shape index (κ3) is 8.89. The smallest absolute Gasteiger partial charge is 0.326 e. The predicted molar refractivity (Wildman–Crippen MR) is 127 cm³/mol. The van der Waals surface area contributed by atoms with E-state index >= 15 is 0 Å². The van der Waals surface area contributed by atoms with E-state index in [0.29, 0.717) is 42.4 Å². The number of halogens is 1. The Balaban J connectivity index is 1.94. The first-order chi connectivity index (χ1) is 15.0. The van der Waals surface area contributed by atoms with Crippen LogP contribution in [0.25, 0.3) is 0 Å². The zero-order chi connectivity index (χ0) is 22.5. The van der Waals surface area contributed by atoms with Gasteiger partial charge in [-0.3, -0.25) is 9.69 Å². The zero-order valence-electron chi connectivity index (χ0n) is 18.3. The third-order valence-electron chi connectivity index (χ3n) is 4.84. The predicted octanol–water partition coefficient (Wildman–Crippen LogP) is 5.86. The van der Waals surface area contributed by atoms with Crippen molar-refractivity contribution >= 4 is 34.9 Å². The molecule has 0 atom stereocenters. The standard InChI is InChI=1S/C24H32ClN3O3/c1-3-4-5-6-11-23(29)26-16-8-17-28(21-12-14-22(31-2)15-13-21)24(30)27-20-10-7-9-19(25)18-20/h7,9-10,12-15,18H,3-6,8,11,16-17H2,1-2H3,(H,26,29)(H,27,30). The molecule has 168 valence electrons. The van der Waals surface area contributed by atoms with Gasteiger partial charge in [-0.05, 0) is 55.3 Å². The van der Waals surface area contributed by atoms with Crippen LogP contribution in [0.1, 0.15) is 45.4 Å². The minimum Gasteiger partial charge on any atom is -0.497 e. The molecule has 0 bridgehead atoms. The van der Waals surface area contributed by atoms with Gasteiger partial charge in [0.15, 0.2) is 0 Å². The number of ether oxygens (including phenoxy) is 1. The summed E-state index contributed by atoms with van der Waals surface area (Å²) in [6.45, 7) is 3.12. The lowest BCUT2D eigenvalue weighted by atomic mass is 10.1. The molecule has 3 amide bonds. The second-order valence-corrected chi connectivity index (χ2v) is 7.74. The summed E-state index contributed by atoms with van der Waals surface area (Å²) in [5, 5.41) is 6.38. The molecule has 2 aromatic rings. The van der Waals surface area contributed by atoms with E-state index < -0.39 is 0 Å². The Bertz CT molecular complexity index is 827. The number of unbranched alkanes of at least 4 members (excludes halogenated alkanes) is 3. The second kappa shape index (κ2) is 13.5. The van der Waals surface area contributed by atoms with Crippen LogP contribution in [0.4, 0.5) is 16.2 Å². The molecule has 0 heterocycles. The average Bonchev–Trinajstić information content (AvgIpc) is 2.77. The van der Waals surface area contributed by atoms with E-state index in [4.69, 9.17) is 16.3 Å². The van der Waals surface area contributed by atoms with E-state index in [2.05, 4.69) is 17.6 Å². The second-order valence-electron chi connectivity index (χ2n) is 7.30. The number of rotatable bonds is 12. The Labute approximate surface area is 189 Å². The maximum absolute atomic E-state index is 13.0. The summed E-state index contributed by atoms with van der Waals surface area (Å²) in [5.41, 5.74) is 1.36. The molecule has 0 spiro atoms. The van der Waals surface area contributed by atoms with E-state index in [1.165, 1.54) is 0 Å². The largest absolute Gasteiger partial charge is 0.497 e. The summed E-state index contributed by atoms with van der Waals surface area (Å²) in [7, 11) is 1.60. The molecule has 31 heavy (non-hydrogen) atoms. The normalized spacial score (nSPS) is 10.4. The highest BCUT2D eigenvalue weighted by Crippen LogP contribution is 2.21. The van der Waals surface area contributed by atoms with Crippen molar-refractivity contribution < 1.29 is 14.3 Å². The van der Waals surface area contributed by atoms with E-state index in [9.17, 15) is 9.59 Å². The average molecular weight is 446 g/mol. The first-order valence-corrected chi connectivity index (χ1v) is 11.2. The Morgan fingerprint density at radius 3 is 2.48 bits per heavy atom. The number of methoxy groups -OCH3 is 1. The summed E-state index contributed by atoms with van der Waals surface area (Å²) in [6.07, 6.45) is 5.50. The molecule has 0 aliphatic carbocycles. The van der Waals surface area contributed by atoms with Crippen LogP contribution in [0.2, 0.25) is 5.02 Å². The number of nitrogens with one attached hydrogen (secondary N) is 2. The van der Waals surface area contributed by atoms with Gasteiger partial charge in [0.25, 0.3) is 0 Å². The fourth-order valence-electron chi connectivity index (χ4n) is 3.13. The number of carbonyl (C=O) groups excluding carboxylic acids is 2. The van der Waals surface area contributed by atoms with Crippen molar-refractivity contribution in [3.05, 3.63) is 53.6 Å². The summed E-state index contributed by atoms with van der Waals surface area (Å²) < 4.78 is 5.21. The van der Waals surface area contributed by atoms with Crippen LogP contribution in [0.3, 0.4) is 0 Å². The fourth-order valence-corrected chi connectivity index (χ4v) is 3.32. The molecule has 6 nitrogen and oxygen atoms in total. The number of hydrogen-bond donors (Lipinski definition) is 2. The van der Waals surface area contributed by atoms with Crippen LogP contribution in [0.5, 0.6) is 5.75 Å². The highest BCUT2D eigenvalue weighted by Gasteiger charge is 2.16. The van der Waals surface area contributed by atoms with Crippen LogP contribution in [-0.4, -0.2) is 32.1 Å². The Morgan fingerprint density at radius 1 is 1.03 bits per heavy atom. The summed E-state index contributed by atoms with van der Waals surface area (Å²) >= 11 is 6.02. The van der Waals surface area contributed by atoms with Crippen molar-refractivity contribution in [2.24, 2.45) is 0 Å². The molecule has 2 rings (SSSR count). The first-order valence-electron chi connectivity index (χ1n) is 10.8. The van der Waals surface area contributed by atoms with E-state index in [1.54, 1.807) is 36.3 Å². The van der Waals surface area contributed by atoms with Crippen molar-refractivity contribution in [1.29, 1.82) is 0 Å². The van der Waals surface area contributed by atoms with Gasteiger partial charge in [0.2, 0.25) is 5.91 Å². The molecule has 7 heteroatoms. The number of carbonyl (C=O) groups is 2. The summed E-state index contributed by atoms with van der Waals surface area (Å²) in [6, 6.07) is 14.1. The molecular formula is C24H32ClN3O3. The van der Waals surface area contributed by atoms with Crippen molar-refractivity contribution in [3.8, 4) is 5.75 Å². The van der Waals surface area contributed by atoms with Crippen LogP contribution in [0, 0.1) is 0 Å². The van der Waals surface area contributed by atoms with Crippen molar-refractivity contribution in [2.75, 3.05) is 30.4 Å². The van der Waals surface area contributed by atoms with Crippen LogP contribution < -0.4 is 20.3 Å².